The summed E-state index contributed by atoms with van der Waals surface area (Å²) in [6, 6.07) is 10.3. The molecule has 0 bridgehead atoms. The molecule has 33 heavy (non-hydrogen) atoms. The van der Waals surface area contributed by atoms with E-state index in [9.17, 15) is 18.0 Å². The molecule has 2 aromatic heterocycles. The Labute approximate surface area is 191 Å². The van der Waals surface area contributed by atoms with Gasteiger partial charge in [0.05, 0.1) is 6.20 Å². The number of nitrogens with zero attached hydrogens (tertiary/aromatic N) is 3. The average Bonchev–Trinajstić information content (AvgIpc) is 3.49. The third kappa shape index (κ3) is 4.99. The summed E-state index contributed by atoms with van der Waals surface area (Å²) in [5, 5.41) is -0.343. The number of hydrogen-bond acceptors (Lipinski definition) is 7. The number of rotatable bonds is 7. The van der Waals surface area contributed by atoms with Crippen LogP contribution in [-0.4, -0.2) is 60.6 Å². The first-order chi connectivity index (χ1) is 15.7. The Hall–Kier alpha value is -3.44. The maximum Gasteiger partial charge on any atom is 0.284 e. The van der Waals surface area contributed by atoms with Crippen molar-refractivity contribution in [3.8, 4) is 11.3 Å². The smallest absolute Gasteiger partial charge is 0.284 e. The van der Waals surface area contributed by atoms with Gasteiger partial charge in [0, 0.05) is 44.6 Å². The third-order valence-electron chi connectivity index (χ3n) is 5.45. The Morgan fingerprint density at radius 2 is 1.73 bits per heavy atom. The fourth-order valence-corrected chi connectivity index (χ4v) is 4.88. The zero-order valence-electron chi connectivity index (χ0n) is 18.1. The Morgan fingerprint density at radius 3 is 2.36 bits per heavy atom. The van der Waals surface area contributed by atoms with E-state index in [0.717, 1.165) is 11.1 Å². The molecule has 0 saturated carbocycles. The summed E-state index contributed by atoms with van der Waals surface area (Å²) in [4.78, 5) is 29.6. The Kier molecular flexibility index (Phi) is 6.34. The number of aromatic nitrogens is 1. The van der Waals surface area contributed by atoms with Crippen LogP contribution in [0, 0.1) is 6.92 Å². The van der Waals surface area contributed by atoms with Crippen molar-refractivity contribution in [2.75, 3.05) is 26.2 Å². The second-order valence-electron chi connectivity index (χ2n) is 7.75. The number of aryl methyl sites for hydroxylation is 2. The van der Waals surface area contributed by atoms with Gasteiger partial charge in [-0.15, -0.1) is 0 Å². The molecule has 2 amide bonds. The highest BCUT2D eigenvalue weighted by atomic mass is 32.2. The van der Waals surface area contributed by atoms with Gasteiger partial charge in [-0.3, -0.25) is 9.59 Å². The lowest BCUT2D eigenvalue weighted by Gasteiger charge is -2.33. The molecule has 1 saturated heterocycles. The fraction of sp³-hybridized carbons (Fsp3) is 0.318. The van der Waals surface area contributed by atoms with Crippen LogP contribution < -0.4 is 5.73 Å². The van der Waals surface area contributed by atoms with Crippen molar-refractivity contribution in [1.29, 1.82) is 0 Å². The SMILES string of the molecule is Cc1ccc(-c2cnc(CCC(=O)N3CCN(S(=O)(=O)c4ccc(C(N)=O)o4)CC3)o2)cc1. The Balaban J connectivity index is 1.30. The molecule has 2 N–H and O–H groups in total. The summed E-state index contributed by atoms with van der Waals surface area (Å²) in [5.74, 6) is -0.0450. The van der Waals surface area contributed by atoms with E-state index in [2.05, 4.69) is 4.98 Å². The number of hydrogen-bond donors (Lipinski definition) is 1. The molecule has 1 aliphatic heterocycles. The minimum absolute atomic E-state index is 0.101. The molecule has 0 aliphatic carbocycles. The molecule has 0 unspecified atom stereocenters. The maximum atomic E-state index is 12.7. The molecule has 1 fully saturated rings. The quantitative estimate of drug-likeness (QED) is 0.553. The van der Waals surface area contributed by atoms with E-state index in [0.29, 0.717) is 18.1 Å². The number of sulfonamides is 1. The second-order valence-corrected chi connectivity index (χ2v) is 9.62. The van der Waals surface area contributed by atoms with Crippen molar-refractivity contribution in [1.82, 2.24) is 14.2 Å². The summed E-state index contributed by atoms with van der Waals surface area (Å²) in [6.07, 6.45) is 2.21. The first-order valence-corrected chi connectivity index (χ1v) is 11.9. The molecule has 1 aromatic carbocycles. The molecular formula is C22H24N4O6S. The number of amides is 2. The van der Waals surface area contributed by atoms with Crippen LogP contribution in [0.1, 0.15) is 28.4 Å². The lowest BCUT2D eigenvalue weighted by atomic mass is 10.1. The van der Waals surface area contributed by atoms with E-state index < -0.39 is 15.9 Å². The zero-order valence-corrected chi connectivity index (χ0v) is 18.9. The second kappa shape index (κ2) is 9.20. The van der Waals surface area contributed by atoms with Gasteiger partial charge in [-0.05, 0) is 19.1 Å². The number of oxazole rings is 1. The van der Waals surface area contributed by atoms with Crippen molar-refractivity contribution in [2.24, 2.45) is 5.73 Å². The number of piperazine rings is 1. The fourth-order valence-electron chi connectivity index (χ4n) is 3.55. The highest BCUT2D eigenvalue weighted by molar-refractivity contribution is 7.89. The minimum atomic E-state index is -3.91. The van der Waals surface area contributed by atoms with E-state index in [4.69, 9.17) is 14.6 Å². The van der Waals surface area contributed by atoms with Gasteiger partial charge < -0.3 is 19.5 Å². The van der Waals surface area contributed by atoms with Crippen LogP contribution in [0.5, 0.6) is 0 Å². The lowest BCUT2D eigenvalue weighted by molar-refractivity contribution is -0.132. The van der Waals surface area contributed by atoms with E-state index in [-0.39, 0.29) is 49.4 Å². The zero-order chi connectivity index (χ0) is 23.6. The molecular weight excluding hydrogens is 448 g/mol. The van der Waals surface area contributed by atoms with Crippen molar-refractivity contribution in [3.63, 3.8) is 0 Å². The molecule has 3 heterocycles. The predicted molar refractivity (Wildman–Crippen MR) is 118 cm³/mol. The van der Waals surface area contributed by atoms with Crippen LogP contribution in [0.3, 0.4) is 0 Å². The van der Waals surface area contributed by atoms with Crippen LogP contribution >= 0.6 is 0 Å². The number of benzene rings is 1. The predicted octanol–water partition coefficient (Wildman–Crippen LogP) is 1.81. The van der Waals surface area contributed by atoms with Crippen LogP contribution in [0.2, 0.25) is 0 Å². The lowest BCUT2D eigenvalue weighted by Crippen LogP contribution is -2.50. The first kappa shape index (κ1) is 22.7. The molecule has 174 valence electrons. The third-order valence-corrected chi connectivity index (χ3v) is 7.22. The number of furan rings is 1. The topological polar surface area (TPSA) is 140 Å². The van der Waals surface area contributed by atoms with E-state index in [1.807, 2.05) is 31.2 Å². The molecule has 0 radical (unpaired) electrons. The van der Waals surface area contributed by atoms with Gasteiger partial charge in [0.2, 0.25) is 11.0 Å². The van der Waals surface area contributed by atoms with Gasteiger partial charge in [-0.25, -0.2) is 13.4 Å². The van der Waals surface area contributed by atoms with Crippen molar-refractivity contribution in [3.05, 3.63) is 59.8 Å². The normalized spacial score (nSPS) is 15.0. The Morgan fingerprint density at radius 1 is 1.03 bits per heavy atom. The van der Waals surface area contributed by atoms with Crippen molar-refractivity contribution >= 4 is 21.8 Å². The molecule has 4 rings (SSSR count). The summed E-state index contributed by atoms with van der Waals surface area (Å²) >= 11 is 0. The van der Waals surface area contributed by atoms with Gasteiger partial charge >= 0.3 is 0 Å². The largest absolute Gasteiger partial charge is 0.441 e. The number of carbonyl (C=O) groups excluding carboxylic acids is 2. The molecule has 1 aliphatic rings. The molecule has 10 nitrogen and oxygen atoms in total. The average molecular weight is 473 g/mol. The monoisotopic (exact) mass is 472 g/mol. The number of nitrogens with two attached hydrogens (primary N) is 1. The highest BCUT2D eigenvalue weighted by Crippen LogP contribution is 2.22. The number of primary amides is 1. The van der Waals surface area contributed by atoms with Crippen LogP contribution in [0.25, 0.3) is 11.3 Å². The first-order valence-electron chi connectivity index (χ1n) is 10.4. The van der Waals surface area contributed by atoms with Gasteiger partial charge in [0.1, 0.15) is 0 Å². The maximum absolute atomic E-state index is 12.7. The minimum Gasteiger partial charge on any atom is -0.441 e. The van der Waals surface area contributed by atoms with E-state index >= 15 is 0 Å². The van der Waals surface area contributed by atoms with Gasteiger partial charge in [0.25, 0.3) is 15.9 Å². The highest BCUT2D eigenvalue weighted by Gasteiger charge is 2.32. The summed E-state index contributed by atoms with van der Waals surface area (Å²) < 4.78 is 37.5. The van der Waals surface area contributed by atoms with Crippen molar-refractivity contribution < 1.29 is 26.8 Å². The molecule has 0 atom stereocenters. The van der Waals surface area contributed by atoms with E-state index in [1.54, 1.807) is 11.1 Å². The standard InChI is InChI=1S/C22H24N4O6S/c1-15-2-4-16(5-3-15)18-14-24-19(31-18)7-8-20(27)25-10-12-26(13-11-25)33(29,30)21-9-6-17(32-21)22(23)28/h2-6,9,14H,7-8,10-13H2,1H3,(H2,23,28). The summed E-state index contributed by atoms with van der Waals surface area (Å²) in [5.41, 5.74) is 7.18. The molecule has 3 aromatic rings. The Bertz CT molecular complexity index is 1250. The summed E-state index contributed by atoms with van der Waals surface area (Å²) in [7, 11) is -3.91. The molecule has 11 heteroatoms. The van der Waals surface area contributed by atoms with Crippen LogP contribution in [0.15, 0.2) is 56.5 Å². The van der Waals surface area contributed by atoms with E-state index in [1.165, 1.54) is 16.4 Å². The summed E-state index contributed by atoms with van der Waals surface area (Å²) in [6.45, 7) is 2.75. The number of carbonyl (C=O) groups is 2. The van der Waals surface area contributed by atoms with Gasteiger partial charge in [0.15, 0.2) is 17.4 Å². The van der Waals surface area contributed by atoms with Crippen LogP contribution in [-0.2, 0) is 21.2 Å². The van der Waals surface area contributed by atoms with Crippen molar-refractivity contribution in [2.45, 2.75) is 24.9 Å². The van der Waals surface area contributed by atoms with Gasteiger partial charge in [-0.1, -0.05) is 29.8 Å². The van der Waals surface area contributed by atoms with Gasteiger partial charge in [-0.2, -0.15) is 4.31 Å². The molecule has 0 spiro atoms. The van der Waals surface area contributed by atoms with Crippen LogP contribution in [0.4, 0.5) is 0 Å².